The Labute approximate surface area is 120 Å². The number of rotatable bonds is 3. The van der Waals surface area contributed by atoms with Crippen molar-refractivity contribution >= 4 is 23.4 Å². The smallest absolute Gasteiger partial charge is 0.360 e. The second-order valence-electron chi connectivity index (χ2n) is 4.64. The maximum atomic E-state index is 11.3. The summed E-state index contributed by atoms with van der Waals surface area (Å²) in [4.78, 5) is 14.6. The van der Waals surface area contributed by atoms with E-state index in [1.54, 1.807) is 24.3 Å². The van der Waals surface area contributed by atoms with Crippen molar-refractivity contribution in [2.75, 3.05) is 18.0 Å². The zero-order valence-electron chi connectivity index (χ0n) is 10.7. The number of nitrogens with zero attached hydrogens (tertiary/aromatic N) is 4. The van der Waals surface area contributed by atoms with Crippen LogP contribution in [0.1, 0.15) is 23.3 Å². The molecule has 1 fully saturated rings. The van der Waals surface area contributed by atoms with Crippen LogP contribution in [0.4, 0.5) is 5.82 Å². The lowest BCUT2D eigenvalue weighted by Crippen LogP contribution is -2.20. The molecule has 0 unspecified atom stereocenters. The number of aromatic carboxylic acids is 1. The van der Waals surface area contributed by atoms with Gasteiger partial charge in [0.1, 0.15) is 0 Å². The number of benzene rings is 1. The van der Waals surface area contributed by atoms with E-state index < -0.39 is 5.97 Å². The number of hydrogen-bond acceptors (Lipinski definition) is 4. The topological polar surface area (TPSA) is 71.2 Å². The number of anilines is 1. The van der Waals surface area contributed by atoms with Crippen molar-refractivity contribution in [1.29, 1.82) is 0 Å². The summed E-state index contributed by atoms with van der Waals surface area (Å²) in [6, 6.07) is 6.94. The maximum absolute atomic E-state index is 11.3. The number of aromatic nitrogens is 3. The van der Waals surface area contributed by atoms with Gasteiger partial charge in [-0.15, -0.1) is 15.0 Å². The molecule has 1 aromatic carbocycles. The van der Waals surface area contributed by atoms with Crippen molar-refractivity contribution in [3.8, 4) is 5.69 Å². The predicted molar refractivity (Wildman–Crippen MR) is 74.8 cm³/mol. The second-order valence-corrected chi connectivity index (χ2v) is 5.07. The van der Waals surface area contributed by atoms with Crippen molar-refractivity contribution in [1.82, 2.24) is 15.0 Å². The van der Waals surface area contributed by atoms with Crippen LogP contribution >= 0.6 is 11.6 Å². The molecule has 1 aliphatic rings. The predicted octanol–water partition coefficient (Wildman–Crippen LogP) is 2.22. The molecule has 2 aromatic rings. The van der Waals surface area contributed by atoms with Crippen LogP contribution in [0, 0.1) is 0 Å². The summed E-state index contributed by atoms with van der Waals surface area (Å²) < 4.78 is 0. The molecule has 6 nitrogen and oxygen atoms in total. The van der Waals surface area contributed by atoms with E-state index in [-0.39, 0.29) is 5.69 Å². The van der Waals surface area contributed by atoms with Crippen LogP contribution in [0.15, 0.2) is 24.3 Å². The van der Waals surface area contributed by atoms with E-state index >= 15 is 0 Å². The Morgan fingerprint density at radius 2 is 1.80 bits per heavy atom. The minimum Gasteiger partial charge on any atom is -0.476 e. The molecule has 0 amide bonds. The molecule has 2 heterocycles. The van der Waals surface area contributed by atoms with E-state index in [1.807, 2.05) is 4.90 Å². The quantitative estimate of drug-likeness (QED) is 0.939. The van der Waals surface area contributed by atoms with Gasteiger partial charge in [-0.2, -0.15) is 0 Å². The van der Waals surface area contributed by atoms with E-state index in [0.717, 1.165) is 25.9 Å². The highest BCUT2D eigenvalue weighted by Crippen LogP contribution is 2.22. The van der Waals surface area contributed by atoms with Crippen molar-refractivity contribution in [3.63, 3.8) is 0 Å². The van der Waals surface area contributed by atoms with Crippen LogP contribution in [-0.4, -0.2) is 39.2 Å². The van der Waals surface area contributed by atoms with Gasteiger partial charge in [0.2, 0.25) is 5.69 Å². The zero-order chi connectivity index (χ0) is 14.1. The molecule has 1 saturated heterocycles. The normalized spacial score (nSPS) is 14.8. The summed E-state index contributed by atoms with van der Waals surface area (Å²) in [5, 5.41) is 18.3. The number of carbonyl (C=O) groups is 1. The van der Waals surface area contributed by atoms with E-state index in [0.29, 0.717) is 16.5 Å². The molecule has 7 heteroatoms. The van der Waals surface area contributed by atoms with Gasteiger partial charge in [0.25, 0.3) is 0 Å². The third-order valence-corrected chi connectivity index (χ3v) is 3.51. The van der Waals surface area contributed by atoms with Crippen molar-refractivity contribution in [3.05, 3.63) is 35.0 Å². The molecule has 0 aliphatic carbocycles. The van der Waals surface area contributed by atoms with Crippen LogP contribution in [0.2, 0.25) is 5.02 Å². The lowest BCUT2D eigenvalue weighted by molar-refractivity contribution is 0.0690. The third kappa shape index (κ3) is 2.34. The molecule has 0 saturated carbocycles. The van der Waals surface area contributed by atoms with Crippen LogP contribution in [0.25, 0.3) is 5.69 Å². The van der Waals surface area contributed by atoms with Gasteiger partial charge in [-0.05, 0) is 37.1 Å². The van der Waals surface area contributed by atoms with Gasteiger partial charge in [-0.25, -0.2) is 4.79 Å². The van der Waals surface area contributed by atoms with Gasteiger partial charge in [-0.1, -0.05) is 11.6 Å². The first kappa shape index (κ1) is 12.9. The highest BCUT2D eigenvalue weighted by atomic mass is 35.5. The molecule has 0 atom stereocenters. The van der Waals surface area contributed by atoms with E-state index in [2.05, 4.69) is 10.2 Å². The maximum Gasteiger partial charge on any atom is 0.360 e. The summed E-state index contributed by atoms with van der Waals surface area (Å²) in [6.45, 7) is 1.64. The summed E-state index contributed by atoms with van der Waals surface area (Å²) >= 11 is 5.84. The monoisotopic (exact) mass is 292 g/mol. The fourth-order valence-corrected chi connectivity index (χ4v) is 2.40. The Hall–Kier alpha value is -2.08. The standard InChI is InChI=1S/C13H13ClN4O2/c14-9-3-5-10(6-4-9)18-15-11(13(19)20)12(16-18)17-7-1-2-8-17/h3-6H,1-2,7-8H2,(H,19,20). The number of carboxylic acid groups (broad SMARTS) is 1. The molecule has 1 aromatic heterocycles. The van der Waals surface area contributed by atoms with Crippen LogP contribution in [0.3, 0.4) is 0 Å². The number of hydrogen-bond donors (Lipinski definition) is 1. The average molecular weight is 293 g/mol. The Morgan fingerprint density at radius 1 is 1.15 bits per heavy atom. The van der Waals surface area contributed by atoms with Gasteiger partial charge in [0.05, 0.1) is 5.69 Å². The van der Waals surface area contributed by atoms with Crippen LogP contribution in [-0.2, 0) is 0 Å². The largest absolute Gasteiger partial charge is 0.476 e. The Bertz CT molecular complexity index is 632. The highest BCUT2D eigenvalue weighted by Gasteiger charge is 2.25. The van der Waals surface area contributed by atoms with E-state index in [9.17, 15) is 9.90 Å². The average Bonchev–Trinajstić information content (AvgIpc) is 3.08. The minimum atomic E-state index is -1.06. The van der Waals surface area contributed by atoms with Gasteiger partial charge in [0.15, 0.2) is 5.82 Å². The Kier molecular flexibility index (Phi) is 3.31. The first-order valence-corrected chi connectivity index (χ1v) is 6.74. The van der Waals surface area contributed by atoms with E-state index in [4.69, 9.17) is 11.6 Å². The van der Waals surface area contributed by atoms with Crippen LogP contribution in [0.5, 0.6) is 0 Å². The van der Waals surface area contributed by atoms with Gasteiger partial charge in [0, 0.05) is 18.1 Å². The lowest BCUT2D eigenvalue weighted by Gasteiger charge is -2.13. The molecule has 0 radical (unpaired) electrons. The van der Waals surface area contributed by atoms with Gasteiger partial charge < -0.3 is 10.0 Å². The molecule has 20 heavy (non-hydrogen) atoms. The minimum absolute atomic E-state index is 0.0122. The van der Waals surface area contributed by atoms with Crippen LogP contribution < -0.4 is 4.90 Å². The van der Waals surface area contributed by atoms with Crippen molar-refractivity contribution in [2.45, 2.75) is 12.8 Å². The summed E-state index contributed by atoms with van der Waals surface area (Å²) in [7, 11) is 0. The van der Waals surface area contributed by atoms with E-state index in [1.165, 1.54) is 4.80 Å². The molecule has 1 N–H and O–H groups in total. The van der Waals surface area contributed by atoms with Crippen molar-refractivity contribution < 1.29 is 9.90 Å². The van der Waals surface area contributed by atoms with Crippen molar-refractivity contribution in [2.24, 2.45) is 0 Å². The van der Waals surface area contributed by atoms with Gasteiger partial charge in [-0.3, -0.25) is 0 Å². The summed E-state index contributed by atoms with van der Waals surface area (Å²) in [6.07, 6.45) is 2.10. The molecule has 104 valence electrons. The summed E-state index contributed by atoms with van der Waals surface area (Å²) in [5.74, 6) is -0.628. The second kappa shape index (κ2) is 5.13. The molecule has 0 bridgehead atoms. The molecular weight excluding hydrogens is 280 g/mol. The fourth-order valence-electron chi connectivity index (χ4n) is 2.27. The fraction of sp³-hybridized carbons (Fsp3) is 0.308. The molecule has 3 rings (SSSR count). The molecular formula is C13H13ClN4O2. The summed E-state index contributed by atoms with van der Waals surface area (Å²) in [5.41, 5.74) is 0.671. The number of carboxylic acids is 1. The first-order valence-electron chi connectivity index (χ1n) is 6.36. The first-order chi connectivity index (χ1) is 9.65. The zero-order valence-corrected chi connectivity index (χ0v) is 11.4. The Morgan fingerprint density at radius 3 is 2.40 bits per heavy atom. The third-order valence-electron chi connectivity index (χ3n) is 3.26. The lowest BCUT2D eigenvalue weighted by atomic mass is 10.3. The molecule has 0 spiro atoms. The SMILES string of the molecule is O=C(O)c1nn(-c2ccc(Cl)cc2)nc1N1CCCC1. The molecule has 1 aliphatic heterocycles. The highest BCUT2D eigenvalue weighted by molar-refractivity contribution is 6.30. The number of halogens is 1. The Balaban J connectivity index is 2.02. The van der Waals surface area contributed by atoms with Gasteiger partial charge >= 0.3 is 5.97 Å².